The number of halogens is 1. The predicted octanol–water partition coefficient (Wildman–Crippen LogP) is 1.92. The van der Waals surface area contributed by atoms with Gasteiger partial charge in [-0.1, -0.05) is 18.6 Å². The van der Waals surface area contributed by atoms with Gasteiger partial charge in [-0.3, -0.25) is 4.90 Å². The van der Waals surface area contributed by atoms with E-state index < -0.39 is 15.8 Å². The highest BCUT2D eigenvalue weighted by atomic mass is 32.2. The van der Waals surface area contributed by atoms with Crippen molar-refractivity contribution in [1.82, 2.24) is 24.0 Å². The Morgan fingerprint density at radius 3 is 2.85 bits per heavy atom. The van der Waals surface area contributed by atoms with Gasteiger partial charge in [0.25, 0.3) is 0 Å². The van der Waals surface area contributed by atoms with E-state index in [-0.39, 0.29) is 11.8 Å². The van der Waals surface area contributed by atoms with Crippen molar-refractivity contribution in [2.24, 2.45) is 0 Å². The van der Waals surface area contributed by atoms with E-state index in [1.807, 2.05) is 7.05 Å². The van der Waals surface area contributed by atoms with Crippen LogP contribution in [0.2, 0.25) is 0 Å². The van der Waals surface area contributed by atoms with E-state index >= 15 is 0 Å². The van der Waals surface area contributed by atoms with Crippen LogP contribution >= 0.6 is 0 Å². The minimum absolute atomic E-state index is 0.203. The first-order valence-electron chi connectivity index (χ1n) is 9.28. The van der Waals surface area contributed by atoms with Crippen molar-refractivity contribution in [3.05, 3.63) is 47.3 Å². The van der Waals surface area contributed by atoms with Gasteiger partial charge in [0, 0.05) is 19.6 Å². The van der Waals surface area contributed by atoms with Crippen LogP contribution in [0, 0.1) is 5.82 Å². The van der Waals surface area contributed by atoms with Gasteiger partial charge in [-0.2, -0.15) is 4.31 Å². The molecule has 0 saturated carbocycles. The lowest BCUT2D eigenvalue weighted by atomic mass is 10.0. The SMILES string of the molecule is CN1CCn2c(nnc2C2CCCCN2S(=O)(=O)Cc2cccc(F)c2)C1. The van der Waals surface area contributed by atoms with Gasteiger partial charge in [-0.25, -0.2) is 12.8 Å². The van der Waals surface area contributed by atoms with Crippen LogP contribution in [0.1, 0.15) is 42.5 Å². The first-order chi connectivity index (χ1) is 12.9. The average molecular weight is 393 g/mol. The fourth-order valence-corrected chi connectivity index (χ4v) is 5.73. The van der Waals surface area contributed by atoms with Gasteiger partial charge in [-0.05, 0) is 37.6 Å². The lowest BCUT2D eigenvalue weighted by Crippen LogP contribution is -2.41. The number of rotatable bonds is 4. The number of benzene rings is 1. The largest absolute Gasteiger partial charge is 0.311 e. The van der Waals surface area contributed by atoms with Crippen LogP contribution in [-0.4, -0.2) is 52.5 Å². The van der Waals surface area contributed by atoms with Gasteiger partial charge >= 0.3 is 0 Å². The predicted molar refractivity (Wildman–Crippen MR) is 98.7 cm³/mol. The standard InChI is InChI=1S/C18H24FN5O2S/c1-22-9-10-23-17(12-22)20-21-18(23)16-7-2-3-8-24(16)27(25,26)13-14-5-4-6-15(19)11-14/h4-6,11,16H,2-3,7-10,12-13H2,1H3. The monoisotopic (exact) mass is 393 g/mol. The highest BCUT2D eigenvalue weighted by Gasteiger charge is 2.37. The van der Waals surface area contributed by atoms with Crippen molar-refractivity contribution in [3.8, 4) is 0 Å². The molecule has 27 heavy (non-hydrogen) atoms. The second-order valence-corrected chi connectivity index (χ2v) is 9.29. The lowest BCUT2D eigenvalue weighted by Gasteiger charge is -2.35. The van der Waals surface area contributed by atoms with Gasteiger partial charge in [-0.15, -0.1) is 10.2 Å². The minimum Gasteiger partial charge on any atom is -0.311 e. The third-order valence-corrected chi connectivity index (χ3v) is 7.17. The molecule has 0 aliphatic carbocycles. The fourth-order valence-electron chi connectivity index (χ4n) is 3.96. The average Bonchev–Trinajstić information content (AvgIpc) is 3.04. The molecular weight excluding hydrogens is 369 g/mol. The molecule has 9 heteroatoms. The Bertz CT molecular complexity index is 930. The van der Waals surface area contributed by atoms with Gasteiger partial charge in [0.05, 0.1) is 18.3 Å². The molecule has 1 unspecified atom stereocenters. The molecule has 1 saturated heterocycles. The van der Waals surface area contributed by atoms with Crippen LogP contribution in [0.15, 0.2) is 24.3 Å². The van der Waals surface area contributed by atoms with Crippen LogP contribution in [0.25, 0.3) is 0 Å². The summed E-state index contributed by atoms with van der Waals surface area (Å²) in [6.45, 7) is 2.84. The topological polar surface area (TPSA) is 71.3 Å². The number of fused-ring (bicyclic) bond motifs is 1. The summed E-state index contributed by atoms with van der Waals surface area (Å²) in [7, 11) is -1.55. The molecule has 2 aliphatic rings. The molecule has 4 rings (SSSR count). The van der Waals surface area contributed by atoms with E-state index in [4.69, 9.17) is 0 Å². The number of hydrogen-bond acceptors (Lipinski definition) is 5. The molecule has 0 radical (unpaired) electrons. The second-order valence-electron chi connectivity index (χ2n) is 7.37. The van der Waals surface area contributed by atoms with E-state index in [0.29, 0.717) is 12.1 Å². The first kappa shape index (κ1) is 18.5. The molecular formula is C18H24FN5O2S. The van der Waals surface area contributed by atoms with Crippen molar-refractivity contribution in [1.29, 1.82) is 0 Å². The maximum Gasteiger partial charge on any atom is 0.218 e. The zero-order chi connectivity index (χ0) is 19.0. The third-order valence-electron chi connectivity index (χ3n) is 5.32. The van der Waals surface area contributed by atoms with Crippen molar-refractivity contribution < 1.29 is 12.8 Å². The van der Waals surface area contributed by atoms with Gasteiger partial charge in [0.15, 0.2) is 5.82 Å². The Labute approximate surface area is 158 Å². The summed E-state index contributed by atoms with van der Waals surface area (Å²) in [5.41, 5.74) is 0.462. The minimum atomic E-state index is -3.59. The molecule has 0 N–H and O–H groups in total. The molecule has 1 fully saturated rings. The van der Waals surface area contributed by atoms with Crippen molar-refractivity contribution in [2.75, 3.05) is 20.1 Å². The van der Waals surface area contributed by atoms with E-state index in [1.54, 1.807) is 16.4 Å². The van der Waals surface area contributed by atoms with Crippen molar-refractivity contribution in [2.45, 2.75) is 44.1 Å². The Balaban J connectivity index is 1.63. The lowest BCUT2D eigenvalue weighted by molar-refractivity contribution is 0.224. The highest BCUT2D eigenvalue weighted by Crippen LogP contribution is 2.34. The van der Waals surface area contributed by atoms with Gasteiger partial charge in [0.1, 0.15) is 11.6 Å². The molecule has 7 nitrogen and oxygen atoms in total. The van der Waals surface area contributed by atoms with E-state index in [1.165, 1.54) is 12.1 Å². The van der Waals surface area contributed by atoms with E-state index in [0.717, 1.165) is 50.5 Å². The summed E-state index contributed by atoms with van der Waals surface area (Å²) in [6, 6.07) is 5.49. The Hall–Kier alpha value is -1.84. The highest BCUT2D eigenvalue weighted by molar-refractivity contribution is 7.88. The Morgan fingerprint density at radius 2 is 2.04 bits per heavy atom. The molecule has 1 atom stereocenters. The summed E-state index contributed by atoms with van der Waals surface area (Å²) >= 11 is 0. The number of sulfonamides is 1. The molecule has 0 amide bonds. The van der Waals surface area contributed by atoms with Crippen LogP contribution in [0.3, 0.4) is 0 Å². The smallest absolute Gasteiger partial charge is 0.218 e. The summed E-state index contributed by atoms with van der Waals surface area (Å²) in [5.74, 6) is 0.992. The summed E-state index contributed by atoms with van der Waals surface area (Å²) in [4.78, 5) is 2.17. The Morgan fingerprint density at radius 1 is 1.19 bits per heavy atom. The van der Waals surface area contributed by atoms with Gasteiger partial charge in [0.2, 0.25) is 10.0 Å². The van der Waals surface area contributed by atoms with Crippen LogP contribution < -0.4 is 0 Å². The Kier molecular flexibility index (Phi) is 5.00. The normalized spacial score (nSPS) is 21.9. The van der Waals surface area contributed by atoms with E-state index in [2.05, 4.69) is 19.7 Å². The molecule has 1 aromatic carbocycles. The van der Waals surface area contributed by atoms with Crippen LogP contribution in [0.5, 0.6) is 0 Å². The number of hydrogen-bond donors (Lipinski definition) is 0. The molecule has 0 bridgehead atoms. The zero-order valence-corrected chi connectivity index (χ0v) is 16.2. The number of piperidine rings is 1. The maximum absolute atomic E-state index is 13.5. The quantitative estimate of drug-likeness (QED) is 0.794. The van der Waals surface area contributed by atoms with Gasteiger partial charge < -0.3 is 4.57 Å². The van der Waals surface area contributed by atoms with Crippen LogP contribution in [-0.2, 0) is 28.9 Å². The summed E-state index contributed by atoms with van der Waals surface area (Å²) < 4.78 is 43.4. The maximum atomic E-state index is 13.5. The molecule has 146 valence electrons. The summed E-state index contributed by atoms with van der Waals surface area (Å²) in [6.07, 6.45) is 2.51. The zero-order valence-electron chi connectivity index (χ0n) is 15.4. The fraction of sp³-hybridized carbons (Fsp3) is 0.556. The number of aromatic nitrogens is 3. The van der Waals surface area contributed by atoms with Crippen molar-refractivity contribution in [3.63, 3.8) is 0 Å². The number of nitrogens with zero attached hydrogens (tertiary/aromatic N) is 5. The molecule has 2 aliphatic heterocycles. The second kappa shape index (κ2) is 7.29. The molecule has 2 aromatic rings. The van der Waals surface area contributed by atoms with Crippen molar-refractivity contribution >= 4 is 10.0 Å². The van der Waals surface area contributed by atoms with E-state index in [9.17, 15) is 12.8 Å². The molecule has 0 spiro atoms. The van der Waals surface area contributed by atoms with Crippen LogP contribution in [0.4, 0.5) is 4.39 Å². The summed E-state index contributed by atoms with van der Waals surface area (Å²) in [5, 5.41) is 8.66. The first-order valence-corrected chi connectivity index (χ1v) is 10.9. The third kappa shape index (κ3) is 3.76. The number of likely N-dealkylation sites (N-methyl/N-ethyl adjacent to an activating group) is 1. The molecule has 3 heterocycles. The molecule has 1 aromatic heterocycles.